The van der Waals surface area contributed by atoms with Gasteiger partial charge in [-0.3, -0.25) is 4.79 Å². The Balaban J connectivity index is 2.16. The zero-order valence-electron chi connectivity index (χ0n) is 12.1. The summed E-state index contributed by atoms with van der Waals surface area (Å²) in [7, 11) is -2.59. The van der Waals surface area contributed by atoms with Crippen molar-refractivity contribution < 1.29 is 23.8 Å². The van der Waals surface area contributed by atoms with E-state index in [9.17, 15) is 9.36 Å². The topological polar surface area (TPSA) is 76.1 Å². The third-order valence-electron chi connectivity index (χ3n) is 2.79. The zero-order chi connectivity index (χ0) is 16.8. The van der Waals surface area contributed by atoms with Crippen LogP contribution in [0.25, 0.3) is 0 Å². The summed E-state index contributed by atoms with van der Waals surface area (Å²) in [6.45, 7) is 1.35. The lowest BCUT2D eigenvalue weighted by Gasteiger charge is -2.14. The number of carboxylic acid groups (broad SMARTS) is 1. The van der Waals surface area contributed by atoms with Crippen LogP contribution in [0.15, 0.2) is 54.6 Å². The fourth-order valence-electron chi connectivity index (χ4n) is 1.56. The second-order valence-corrected chi connectivity index (χ2v) is 5.99. The number of benzene rings is 2. The number of aliphatic carboxylic acids is 1. The molecule has 1 N–H and O–H groups in total. The normalized spacial score (nSPS) is 12.6. The Morgan fingerprint density at radius 3 is 2.30 bits per heavy atom. The van der Waals surface area contributed by atoms with Gasteiger partial charge in [-0.15, -0.1) is 0 Å². The first-order valence-electron chi connectivity index (χ1n) is 6.63. The van der Waals surface area contributed by atoms with Crippen molar-refractivity contribution in [3.05, 3.63) is 59.6 Å². The van der Waals surface area contributed by atoms with Crippen molar-refractivity contribution in [2.24, 2.45) is 0 Å². The smallest absolute Gasteiger partial charge is 0.480 e. The Bertz CT molecular complexity index is 680. The number of hydrogen-bond acceptors (Lipinski definition) is 4. The molecule has 0 heterocycles. The highest BCUT2D eigenvalue weighted by Gasteiger charge is 2.43. The summed E-state index contributed by atoms with van der Waals surface area (Å²) < 4.78 is 17.6. The van der Waals surface area contributed by atoms with Gasteiger partial charge in [-0.25, -0.2) is 4.52 Å². The van der Waals surface area contributed by atoms with Crippen molar-refractivity contribution in [2.45, 2.75) is 13.0 Å². The Hall–Kier alpha value is -2.14. The van der Waals surface area contributed by atoms with Crippen molar-refractivity contribution >= 4 is 25.7 Å². The molecule has 0 saturated heterocycles. The molecule has 6 nitrogen and oxygen atoms in total. The second-order valence-electron chi connectivity index (χ2n) is 4.50. The number of rotatable bonds is 7. The molecule has 23 heavy (non-hydrogen) atoms. The lowest BCUT2D eigenvalue weighted by atomic mass is 10.3. The standard InChI is InChI=1S/C15H13ClNO5P/c1-11(15(18)19)17(21-13-5-3-2-4-6-13)23(20)22-14-9-7-12(16)8-10-14/h2-11H,1H3/p+1. The first-order chi connectivity index (χ1) is 11.0. The molecule has 0 bridgehead atoms. The van der Waals surface area contributed by atoms with Crippen LogP contribution in [0.1, 0.15) is 6.92 Å². The molecule has 0 fully saturated rings. The molecule has 0 radical (unpaired) electrons. The summed E-state index contributed by atoms with van der Waals surface area (Å²) in [4.78, 5) is 17.4. The fourth-order valence-corrected chi connectivity index (χ4v) is 2.61. The molecule has 0 spiro atoms. The van der Waals surface area contributed by atoms with Crippen molar-refractivity contribution in [3.63, 3.8) is 0 Å². The SMILES string of the molecule is CC(C(=O)O)N(Oc1ccccc1)[P+](=O)Oc1ccc(Cl)cc1. The van der Waals surface area contributed by atoms with E-state index < -0.39 is 20.2 Å². The highest BCUT2D eigenvalue weighted by Crippen LogP contribution is 2.34. The number of para-hydroxylation sites is 1. The van der Waals surface area contributed by atoms with Crippen LogP contribution in [0.4, 0.5) is 0 Å². The first kappa shape index (κ1) is 17.2. The van der Waals surface area contributed by atoms with E-state index in [1.165, 1.54) is 19.1 Å². The van der Waals surface area contributed by atoms with E-state index in [-0.39, 0.29) is 5.75 Å². The van der Waals surface area contributed by atoms with Gasteiger partial charge in [0.15, 0.2) is 17.5 Å². The van der Waals surface area contributed by atoms with E-state index in [2.05, 4.69) is 0 Å². The van der Waals surface area contributed by atoms with Gasteiger partial charge in [0.25, 0.3) is 0 Å². The summed E-state index contributed by atoms with van der Waals surface area (Å²) in [5, 5.41) is 9.66. The third-order valence-corrected chi connectivity index (χ3v) is 4.16. The molecule has 120 valence electrons. The molecule has 0 aliphatic rings. The van der Waals surface area contributed by atoms with Gasteiger partial charge in [0, 0.05) is 9.59 Å². The Morgan fingerprint density at radius 2 is 1.74 bits per heavy atom. The minimum Gasteiger partial charge on any atom is -0.480 e. The maximum Gasteiger partial charge on any atom is 0.703 e. The van der Waals surface area contributed by atoms with Gasteiger partial charge in [-0.05, 0) is 43.3 Å². The van der Waals surface area contributed by atoms with Gasteiger partial charge in [-0.2, -0.15) is 0 Å². The summed E-state index contributed by atoms with van der Waals surface area (Å²) in [6.07, 6.45) is 0. The Morgan fingerprint density at radius 1 is 1.13 bits per heavy atom. The Kier molecular flexibility index (Phi) is 5.93. The highest BCUT2D eigenvalue weighted by molar-refractivity contribution is 7.36. The van der Waals surface area contributed by atoms with E-state index in [4.69, 9.17) is 26.1 Å². The van der Waals surface area contributed by atoms with Crippen LogP contribution in [0, 0.1) is 0 Å². The summed E-state index contributed by atoms with van der Waals surface area (Å²) >= 11 is 5.77. The second kappa shape index (κ2) is 7.92. The number of carboxylic acids is 1. The number of hydroxylamine groups is 1. The molecule has 0 saturated carbocycles. The number of carbonyl (C=O) groups is 1. The molecule has 2 atom stereocenters. The molecule has 2 rings (SSSR count). The quantitative estimate of drug-likeness (QED) is 0.594. The maximum absolute atomic E-state index is 12.4. The predicted molar refractivity (Wildman–Crippen MR) is 85.7 cm³/mol. The van der Waals surface area contributed by atoms with Crippen LogP contribution in [0.5, 0.6) is 11.5 Å². The van der Waals surface area contributed by atoms with Crippen LogP contribution >= 0.6 is 19.8 Å². The first-order valence-corrected chi connectivity index (χ1v) is 8.14. The molecule has 2 aromatic carbocycles. The molecule has 0 amide bonds. The maximum atomic E-state index is 12.4. The zero-order valence-corrected chi connectivity index (χ0v) is 13.8. The largest absolute Gasteiger partial charge is 0.703 e. The fraction of sp³-hybridized carbons (Fsp3) is 0.133. The molecular weight excluding hydrogens is 341 g/mol. The minimum atomic E-state index is -2.59. The van der Waals surface area contributed by atoms with E-state index in [0.717, 1.165) is 4.83 Å². The number of halogens is 1. The van der Waals surface area contributed by atoms with Crippen molar-refractivity contribution in [1.29, 1.82) is 0 Å². The van der Waals surface area contributed by atoms with Crippen LogP contribution in [0.2, 0.25) is 5.02 Å². The summed E-state index contributed by atoms with van der Waals surface area (Å²) in [6, 6.07) is 13.5. The van der Waals surface area contributed by atoms with Gasteiger partial charge in [-0.1, -0.05) is 29.8 Å². The van der Waals surface area contributed by atoms with Gasteiger partial charge >= 0.3 is 14.1 Å². The lowest BCUT2D eigenvalue weighted by Crippen LogP contribution is -2.37. The van der Waals surface area contributed by atoms with Gasteiger partial charge in [0.2, 0.25) is 0 Å². The van der Waals surface area contributed by atoms with Crippen molar-refractivity contribution in [2.75, 3.05) is 0 Å². The molecule has 8 heteroatoms. The molecule has 0 aliphatic carbocycles. The molecule has 0 aliphatic heterocycles. The average molecular weight is 355 g/mol. The molecule has 2 unspecified atom stereocenters. The summed E-state index contributed by atoms with van der Waals surface area (Å²) in [5.74, 6) is -0.553. The van der Waals surface area contributed by atoms with Crippen molar-refractivity contribution in [3.8, 4) is 11.5 Å². The minimum absolute atomic E-state index is 0.287. The van der Waals surface area contributed by atoms with Gasteiger partial charge in [0.1, 0.15) is 4.83 Å². The molecular formula is C15H14ClNO5P+. The average Bonchev–Trinajstić information content (AvgIpc) is 2.55. The van der Waals surface area contributed by atoms with Crippen molar-refractivity contribution in [1.82, 2.24) is 4.83 Å². The van der Waals surface area contributed by atoms with Gasteiger partial charge < -0.3 is 9.94 Å². The lowest BCUT2D eigenvalue weighted by molar-refractivity contribution is -0.148. The van der Waals surface area contributed by atoms with Crippen LogP contribution in [-0.2, 0) is 9.36 Å². The number of hydrogen-bond donors (Lipinski definition) is 1. The van der Waals surface area contributed by atoms with Gasteiger partial charge in [0.05, 0.1) is 0 Å². The van der Waals surface area contributed by atoms with E-state index in [1.54, 1.807) is 42.5 Å². The Labute approximate surface area is 139 Å². The van der Waals surface area contributed by atoms with Crippen LogP contribution in [-0.4, -0.2) is 22.0 Å². The van der Waals surface area contributed by atoms with Crippen LogP contribution < -0.4 is 9.36 Å². The number of nitrogens with zero attached hydrogens (tertiary/aromatic N) is 1. The van der Waals surface area contributed by atoms with E-state index >= 15 is 0 Å². The van der Waals surface area contributed by atoms with E-state index in [1.807, 2.05) is 0 Å². The monoisotopic (exact) mass is 354 g/mol. The molecule has 2 aromatic rings. The summed E-state index contributed by atoms with van der Waals surface area (Å²) in [5.41, 5.74) is 0. The van der Waals surface area contributed by atoms with Crippen LogP contribution in [0.3, 0.4) is 0 Å². The third kappa shape index (κ3) is 4.93. The van der Waals surface area contributed by atoms with E-state index in [0.29, 0.717) is 10.8 Å². The molecule has 0 aromatic heterocycles. The predicted octanol–water partition coefficient (Wildman–Crippen LogP) is 4.15. The highest BCUT2D eigenvalue weighted by atomic mass is 35.5.